The van der Waals surface area contributed by atoms with Crippen molar-refractivity contribution in [2.45, 2.75) is 32.2 Å². The van der Waals surface area contributed by atoms with Gasteiger partial charge in [0.15, 0.2) is 5.82 Å². The number of aromatic nitrogens is 2. The van der Waals surface area contributed by atoms with Crippen molar-refractivity contribution < 1.29 is 0 Å². The van der Waals surface area contributed by atoms with Crippen LogP contribution in [0.3, 0.4) is 0 Å². The van der Waals surface area contributed by atoms with Crippen LogP contribution in [-0.4, -0.2) is 29.4 Å². The lowest BCUT2D eigenvalue weighted by molar-refractivity contribution is 0.291. The molecule has 1 aliphatic rings. The van der Waals surface area contributed by atoms with Crippen LogP contribution in [0.25, 0.3) is 0 Å². The highest BCUT2D eigenvalue weighted by molar-refractivity contribution is 5.64. The molecule has 100 valence electrons. The number of nitrogen functional groups attached to an aromatic ring is 1. The van der Waals surface area contributed by atoms with E-state index in [4.69, 9.17) is 11.5 Å². The molecule has 18 heavy (non-hydrogen) atoms. The number of nitrogens with two attached hydrogens (primary N) is 2. The first-order chi connectivity index (χ1) is 8.56. The minimum atomic E-state index is -0.0606. The summed E-state index contributed by atoms with van der Waals surface area (Å²) >= 11 is 0. The summed E-state index contributed by atoms with van der Waals surface area (Å²) in [4.78, 5) is 2.24. The molecule has 0 spiro atoms. The van der Waals surface area contributed by atoms with Crippen LogP contribution in [0, 0.1) is 0 Å². The van der Waals surface area contributed by atoms with E-state index in [-0.39, 0.29) is 5.54 Å². The molecule has 5 nitrogen and oxygen atoms in total. The summed E-state index contributed by atoms with van der Waals surface area (Å²) < 4.78 is 2.05. The monoisotopic (exact) mass is 249 g/mol. The molecule has 1 aliphatic heterocycles. The third-order valence-corrected chi connectivity index (χ3v) is 3.45. The van der Waals surface area contributed by atoms with Crippen LogP contribution in [0.1, 0.15) is 26.7 Å². The Hall–Kier alpha value is -1.49. The first-order valence-electron chi connectivity index (χ1n) is 6.50. The van der Waals surface area contributed by atoms with Crippen molar-refractivity contribution in [1.82, 2.24) is 9.78 Å². The predicted octanol–water partition coefficient (Wildman–Crippen LogP) is 1.32. The third-order valence-electron chi connectivity index (χ3n) is 3.45. The minimum absolute atomic E-state index is 0.0606. The topological polar surface area (TPSA) is 73.1 Å². The van der Waals surface area contributed by atoms with Gasteiger partial charge in [-0.15, -0.1) is 0 Å². The third kappa shape index (κ3) is 2.36. The maximum atomic E-state index is 6.07. The molecule has 0 radical (unpaired) electrons. The van der Waals surface area contributed by atoms with Crippen LogP contribution in [-0.2, 0) is 5.54 Å². The van der Waals surface area contributed by atoms with Gasteiger partial charge in [-0.05, 0) is 33.2 Å². The van der Waals surface area contributed by atoms with Gasteiger partial charge in [-0.25, -0.2) is 4.68 Å². The molecule has 1 aromatic heterocycles. The van der Waals surface area contributed by atoms with Gasteiger partial charge in [0, 0.05) is 13.1 Å². The molecule has 0 aromatic carbocycles. The van der Waals surface area contributed by atoms with Crippen molar-refractivity contribution in [3.05, 3.63) is 18.3 Å². The van der Waals surface area contributed by atoms with Gasteiger partial charge in [-0.1, -0.05) is 12.2 Å². The molecule has 2 heterocycles. The van der Waals surface area contributed by atoms with E-state index in [0.29, 0.717) is 6.54 Å². The number of hydrogen-bond acceptors (Lipinski definition) is 4. The van der Waals surface area contributed by atoms with E-state index in [9.17, 15) is 0 Å². The zero-order valence-corrected chi connectivity index (χ0v) is 11.3. The number of anilines is 2. The lowest BCUT2D eigenvalue weighted by atomic mass is 9.98. The van der Waals surface area contributed by atoms with E-state index < -0.39 is 0 Å². The summed E-state index contributed by atoms with van der Waals surface area (Å²) in [5.74, 6) is 1.03. The zero-order chi connectivity index (χ0) is 13.2. The second-order valence-corrected chi connectivity index (χ2v) is 5.42. The predicted molar refractivity (Wildman–Crippen MR) is 75.6 cm³/mol. The second-order valence-electron chi connectivity index (χ2n) is 5.42. The van der Waals surface area contributed by atoms with Crippen molar-refractivity contribution in [2.24, 2.45) is 5.73 Å². The first-order valence-corrected chi connectivity index (χ1v) is 6.50. The zero-order valence-electron chi connectivity index (χ0n) is 11.3. The van der Waals surface area contributed by atoms with E-state index in [0.717, 1.165) is 37.4 Å². The van der Waals surface area contributed by atoms with Gasteiger partial charge in [-0.3, -0.25) is 0 Å². The fourth-order valence-electron chi connectivity index (χ4n) is 2.41. The quantitative estimate of drug-likeness (QED) is 0.772. The van der Waals surface area contributed by atoms with Crippen LogP contribution < -0.4 is 16.4 Å². The highest BCUT2D eigenvalue weighted by Crippen LogP contribution is 2.32. The molecule has 0 fully saturated rings. The highest BCUT2D eigenvalue weighted by Gasteiger charge is 2.27. The molecule has 1 aromatic rings. The molecule has 4 N–H and O–H groups in total. The fraction of sp³-hybridized carbons (Fsp3) is 0.615. The van der Waals surface area contributed by atoms with Gasteiger partial charge in [0.05, 0.1) is 17.4 Å². The highest BCUT2D eigenvalue weighted by atomic mass is 15.4. The lowest BCUT2D eigenvalue weighted by Crippen LogP contribution is -2.33. The maximum Gasteiger partial charge on any atom is 0.151 e. The largest absolute Gasteiger partial charge is 0.394 e. The van der Waals surface area contributed by atoms with Gasteiger partial charge in [0.25, 0.3) is 0 Å². The van der Waals surface area contributed by atoms with Crippen molar-refractivity contribution in [3.63, 3.8) is 0 Å². The molecular weight excluding hydrogens is 226 g/mol. The van der Waals surface area contributed by atoms with Crippen LogP contribution in [0.2, 0.25) is 0 Å². The Labute approximate surface area is 108 Å². The molecule has 0 saturated heterocycles. The van der Waals surface area contributed by atoms with Crippen LogP contribution in [0.4, 0.5) is 11.5 Å². The van der Waals surface area contributed by atoms with Crippen LogP contribution in [0.5, 0.6) is 0 Å². The summed E-state index contributed by atoms with van der Waals surface area (Å²) in [6.45, 7) is 6.89. The maximum absolute atomic E-state index is 6.07. The Balaban J connectivity index is 2.27. The van der Waals surface area contributed by atoms with E-state index >= 15 is 0 Å². The van der Waals surface area contributed by atoms with Gasteiger partial charge in [0.2, 0.25) is 0 Å². The normalized spacial score (nSPS) is 15.6. The van der Waals surface area contributed by atoms with E-state index in [1.54, 1.807) is 6.20 Å². The standard InChI is InChI=1S/C13H23N5/c1-13(2,6-5-7-14)18-12(11(15)10-16-18)17-8-3-4-9-17/h3-4,10H,5-9,14-15H2,1-2H3. The van der Waals surface area contributed by atoms with Gasteiger partial charge in [-0.2, -0.15) is 5.10 Å². The van der Waals surface area contributed by atoms with Crippen molar-refractivity contribution in [1.29, 1.82) is 0 Å². The van der Waals surface area contributed by atoms with E-state index in [1.807, 2.05) is 4.68 Å². The molecule has 0 bridgehead atoms. The summed E-state index contributed by atoms with van der Waals surface area (Å²) in [5.41, 5.74) is 12.4. The fourth-order valence-corrected chi connectivity index (χ4v) is 2.41. The number of rotatable bonds is 5. The molecule has 5 heteroatoms. The van der Waals surface area contributed by atoms with Crippen molar-refractivity contribution in [3.8, 4) is 0 Å². The molecule has 0 amide bonds. The van der Waals surface area contributed by atoms with Crippen LogP contribution >= 0.6 is 0 Å². The molecule has 0 saturated carbocycles. The van der Waals surface area contributed by atoms with Gasteiger partial charge < -0.3 is 16.4 Å². The molecular formula is C13H23N5. The smallest absolute Gasteiger partial charge is 0.151 e. The van der Waals surface area contributed by atoms with Crippen molar-refractivity contribution in [2.75, 3.05) is 30.3 Å². The van der Waals surface area contributed by atoms with E-state index in [2.05, 4.69) is 36.0 Å². The Kier molecular flexibility index (Phi) is 3.61. The summed E-state index contributed by atoms with van der Waals surface area (Å²) in [7, 11) is 0. The average molecular weight is 249 g/mol. The Bertz CT molecular complexity index is 425. The Morgan fingerprint density at radius 1 is 1.33 bits per heavy atom. The molecule has 0 aliphatic carbocycles. The van der Waals surface area contributed by atoms with Gasteiger partial charge >= 0.3 is 0 Å². The molecule has 0 unspecified atom stereocenters. The average Bonchev–Trinajstić information content (AvgIpc) is 2.94. The summed E-state index contributed by atoms with van der Waals surface area (Å²) in [6, 6.07) is 0. The van der Waals surface area contributed by atoms with Crippen LogP contribution in [0.15, 0.2) is 18.3 Å². The Morgan fingerprint density at radius 2 is 2.00 bits per heavy atom. The lowest BCUT2D eigenvalue weighted by Gasteiger charge is -2.30. The Morgan fingerprint density at radius 3 is 2.61 bits per heavy atom. The molecule has 2 rings (SSSR count). The second kappa shape index (κ2) is 5.02. The summed E-state index contributed by atoms with van der Waals surface area (Å²) in [6.07, 6.45) is 8.05. The number of hydrogen-bond donors (Lipinski definition) is 2. The van der Waals surface area contributed by atoms with E-state index in [1.165, 1.54) is 0 Å². The van der Waals surface area contributed by atoms with Crippen molar-refractivity contribution >= 4 is 11.5 Å². The first kappa shape index (κ1) is 13.0. The van der Waals surface area contributed by atoms with Gasteiger partial charge in [0.1, 0.15) is 0 Å². The molecule has 0 atom stereocenters. The number of nitrogens with zero attached hydrogens (tertiary/aromatic N) is 3. The summed E-state index contributed by atoms with van der Waals surface area (Å²) in [5, 5.41) is 4.47. The SMILES string of the molecule is CC(C)(CCCN)n1ncc(N)c1N1CC=CC1. The minimum Gasteiger partial charge on any atom is -0.394 e.